The standard InChI is InChI=1S/C10H11FO/c1-7(2)9-4-3-8(6-12)5-10(9)11/h3-7H,1-2H3. The molecule has 0 bridgehead atoms. The highest BCUT2D eigenvalue weighted by Crippen LogP contribution is 2.18. The lowest BCUT2D eigenvalue weighted by Crippen LogP contribution is -1.94. The zero-order valence-corrected chi connectivity index (χ0v) is 7.17. The predicted octanol–water partition coefficient (Wildman–Crippen LogP) is 2.76. The van der Waals surface area contributed by atoms with E-state index in [0.29, 0.717) is 17.4 Å². The van der Waals surface area contributed by atoms with E-state index >= 15 is 0 Å². The first-order valence-electron chi connectivity index (χ1n) is 3.89. The molecule has 1 aromatic carbocycles. The summed E-state index contributed by atoms with van der Waals surface area (Å²) in [5.41, 5.74) is 1.04. The van der Waals surface area contributed by atoms with Crippen molar-refractivity contribution in [3.05, 3.63) is 35.1 Å². The van der Waals surface area contributed by atoms with Crippen LogP contribution in [0.15, 0.2) is 18.2 Å². The second-order valence-electron chi connectivity index (χ2n) is 3.05. The minimum Gasteiger partial charge on any atom is -0.298 e. The van der Waals surface area contributed by atoms with Gasteiger partial charge in [-0.1, -0.05) is 26.0 Å². The fourth-order valence-electron chi connectivity index (χ4n) is 1.08. The number of benzene rings is 1. The Morgan fingerprint density at radius 3 is 2.50 bits per heavy atom. The molecule has 0 spiro atoms. The molecule has 64 valence electrons. The summed E-state index contributed by atoms with van der Waals surface area (Å²) in [4.78, 5) is 10.3. The van der Waals surface area contributed by atoms with Crippen molar-refractivity contribution in [2.75, 3.05) is 0 Å². The third-order valence-electron chi connectivity index (χ3n) is 1.78. The molecule has 0 atom stereocenters. The second-order valence-corrected chi connectivity index (χ2v) is 3.05. The molecule has 0 aliphatic heterocycles. The maximum Gasteiger partial charge on any atom is 0.150 e. The van der Waals surface area contributed by atoms with Crippen LogP contribution in [0.3, 0.4) is 0 Å². The van der Waals surface area contributed by atoms with Gasteiger partial charge in [-0.3, -0.25) is 4.79 Å². The molecule has 0 radical (unpaired) electrons. The number of rotatable bonds is 2. The van der Waals surface area contributed by atoms with Gasteiger partial charge in [0, 0.05) is 5.56 Å². The van der Waals surface area contributed by atoms with Gasteiger partial charge in [0.2, 0.25) is 0 Å². The zero-order chi connectivity index (χ0) is 9.14. The third kappa shape index (κ3) is 1.70. The van der Waals surface area contributed by atoms with Crippen molar-refractivity contribution in [2.24, 2.45) is 0 Å². The molecule has 0 aromatic heterocycles. The summed E-state index contributed by atoms with van der Waals surface area (Å²) < 4.78 is 13.1. The molecule has 0 aliphatic carbocycles. The molecule has 1 aromatic rings. The maximum atomic E-state index is 13.1. The summed E-state index contributed by atoms with van der Waals surface area (Å²) in [7, 11) is 0. The minimum absolute atomic E-state index is 0.158. The molecule has 0 amide bonds. The largest absolute Gasteiger partial charge is 0.298 e. The quantitative estimate of drug-likeness (QED) is 0.617. The highest BCUT2D eigenvalue weighted by atomic mass is 19.1. The molecule has 0 N–H and O–H groups in total. The lowest BCUT2D eigenvalue weighted by molar-refractivity contribution is 0.112. The maximum absolute atomic E-state index is 13.1. The van der Waals surface area contributed by atoms with E-state index in [4.69, 9.17) is 0 Å². The van der Waals surface area contributed by atoms with Gasteiger partial charge in [-0.2, -0.15) is 0 Å². The minimum atomic E-state index is -0.297. The van der Waals surface area contributed by atoms with E-state index in [2.05, 4.69) is 0 Å². The highest BCUT2D eigenvalue weighted by molar-refractivity contribution is 5.74. The summed E-state index contributed by atoms with van der Waals surface area (Å²) in [6.07, 6.45) is 0.646. The molecule has 2 heteroatoms. The van der Waals surface area contributed by atoms with Crippen molar-refractivity contribution in [1.82, 2.24) is 0 Å². The van der Waals surface area contributed by atoms with Crippen LogP contribution in [0.5, 0.6) is 0 Å². The fraction of sp³-hybridized carbons (Fsp3) is 0.300. The Balaban J connectivity index is 3.11. The van der Waals surface area contributed by atoms with Gasteiger partial charge >= 0.3 is 0 Å². The first kappa shape index (κ1) is 8.91. The summed E-state index contributed by atoms with van der Waals surface area (Å²) in [6, 6.07) is 4.55. The average Bonchev–Trinajstić information content (AvgIpc) is 2.03. The summed E-state index contributed by atoms with van der Waals surface area (Å²) in [5, 5.41) is 0. The Kier molecular flexibility index (Phi) is 2.58. The zero-order valence-electron chi connectivity index (χ0n) is 7.17. The smallest absolute Gasteiger partial charge is 0.150 e. The Morgan fingerprint density at radius 1 is 1.42 bits per heavy atom. The number of hydrogen-bond donors (Lipinski definition) is 0. The van der Waals surface area contributed by atoms with Crippen molar-refractivity contribution in [1.29, 1.82) is 0 Å². The van der Waals surface area contributed by atoms with E-state index in [9.17, 15) is 9.18 Å². The molecular formula is C10H11FO. The number of carbonyl (C=O) groups excluding carboxylic acids is 1. The lowest BCUT2D eigenvalue weighted by atomic mass is 10.0. The molecule has 1 rings (SSSR count). The molecule has 0 saturated heterocycles. The molecule has 0 heterocycles. The van der Waals surface area contributed by atoms with E-state index in [1.54, 1.807) is 12.1 Å². The second kappa shape index (κ2) is 3.48. The Hall–Kier alpha value is -1.18. The van der Waals surface area contributed by atoms with Crippen molar-refractivity contribution in [3.63, 3.8) is 0 Å². The average molecular weight is 166 g/mol. The van der Waals surface area contributed by atoms with Crippen molar-refractivity contribution in [3.8, 4) is 0 Å². The Labute approximate surface area is 71.2 Å². The van der Waals surface area contributed by atoms with Crippen LogP contribution in [-0.2, 0) is 0 Å². The van der Waals surface area contributed by atoms with Crippen LogP contribution < -0.4 is 0 Å². The van der Waals surface area contributed by atoms with Crippen LogP contribution in [0.2, 0.25) is 0 Å². The Morgan fingerprint density at radius 2 is 2.08 bits per heavy atom. The first-order valence-corrected chi connectivity index (χ1v) is 3.89. The van der Waals surface area contributed by atoms with Crippen molar-refractivity contribution < 1.29 is 9.18 Å². The number of halogens is 1. The topological polar surface area (TPSA) is 17.1 Å². The molecule has 0 saturated carbocycles. The van der Waals surface area contributed by atoms with Crippen LogP contribution in [-0.4, -0.2) is 6.29 Å². The third-order valence-corrected chi connectivity index (χ3v) is 1.78. The molecular weight excluding hydrogens is 155 g/mol. The van der Waals surface area contributed by atoms with E-state index in [-0.39, 0.29) is 11.7 Å². The van der Waals surface area contributed by atoms with Crippen LogP contribution in [0.4, 0.5) is 4.39 Å². The molecule has 0 fully saturated rings. The summed E-state index contributed by atoms with van der Waals surface area (Å²) in [5.74, 6) is -0.139. The van der Waals surface area contributed by atoms with Crippen LogP contribution in [0.25, 0.3) is 0 Å². The first-order chi connectivity index (χ1) is 5.65. The van der Waals surface area contributed by atoms with Gasteiger partial charge in [-0.25, -0.2) is 4.39 Å². The normalized spacial score (nSPS) is 10.3. The van der Waals surface area contributed by atoms with E-state index in [1.165, 1.54) is 6.07 Å². The SMILES string of the molecule is CC(C)c1ccc(C=O)cc1F. The fourth-order valence-corrected chi connectivity index (χ4v) is 1.08. The Bertz CT molecular complexity index is 292. The number of aldehydes is 1. The van der Waals surface area contributed by atoms with Crippen molar-refractivity contribution in [2.45, 2.75) is 19.8 Å². The van der Waals surface area contributed by atoms with E-state index < -0.39 is 0 Å². The monoisotopic (exact) mass is 166 g/mol. The molecule has 0 aliphatic rings. The number of hydrogen-bond acceptors (Lipinski definition) is 1. The van der Waals surface area contributed by atoms with Gasteiger partial charge in [0.05, 0.1) is 0 Å². The van der Waals surface area contributed by atoms with Gasteiger partial charge in [-0.15, -0.1) is 0 Å². The number of carbonyl (C=O) groups is 1. The lowest BCUT2D eigenvalue weighted by Gasteiger charge is -2.06. The van der Waals surface area contributed by atoms with Gasteiger partial charge in [0.1, 0.15) is 12.1 Å². The molecule has 12 heavy (non-hydrogen) atoms. The van der Waals surface area contributed by atoms with Gasteiger partial charge in [-0.05, 0) is 17.5 Å². The predicted molar refractivity (Wildman–Crippen MR) is 45.9 cm³/mol. The van der Waals surface area contributed by atoms with Crippen LogP contribution in [0, 0.1) is 5.82 Å². The van der Waals surface area contributed by atoms with E-state index in [1.807, 2.05) is 13.8 Å². The van der Waals surface area contributed by atoms with Gasteiger partial charge in [0.15, 0.2) is 0 Å². The summed E-state index contributed by atoms with van der Waals surface area (Å²) in [6.45, 7) is 3.83. The molecule has 1 nitrogen and oxygen atoms in total. The van der Waals surface area contributed by atoms with E-state index in [0.717, 1.165) is 0 Å². The van der Waals surface area contributed by atoms with Crippen LogP contribution >= 0.6 is 0 Å². The van der Waals surface area contributed by atoms with Crippen molar-refractivity contribution >= 4 is 6.29 Å². The van der Waals surface area contributed by atoms with Gasteiger partial charge in [0.25, 0.3) is 0 Å². The van der Waals surface area contributed by atoms with Crippen LogP contribution in [0.1, 0.15) is 35.7 Å². The molecule has 0 unspecified atom stereocenters. The van der Waals surface area contributed by atoms with Gasteiger partial charge < -0.3 is 0 Å². The summed E-state index contributed by atoms with van der Waals surface area (Å²) >= 11 is 0. The highest BCUT2D eigenvalue weighted by Gasteiger charge is 2.06.